The van der Waals surface area contributed by atoms with E-state index in [1.54, 1.807) is 18.2 Å². The number of carbonyl (C=O) groups excluding carboxylic acids is 1. The normalized spacial score (nSPS) is 18.9. The molecule has 0 saturated carbocycles. The van der Waals surface area contributed by atoms with Gasteiger partial charge >= 0.3 is 6.18 Å². The maximum absolute atomic E-state index is 13.5. The quantitative estimate of drug-likeness (QED) is 0.619. The Hall–Kier alpha value is -3.24. The second kappa shape index (κ2) is 8.95. The predicted molar refractivity (Wildman–Crippen MR) is 115 cm³/mol. The third kappa shape index (κ3) is 4.91. The van der Waals surface area contributed by atoms with Gasteiger partial charge in [0.25, 0.3) is 5.91 Å². The molecular formula is C23H23F3N4O3. The highest BCUT2D eigenvalue weighted by molar-refractivity contribution is 5.98. The molecule has 3 N–H and O–H groups in total. The van der Waals surface area contributed by atoms with Crippen LogP contribution in [0.25, 0.3) is 10.9 Å². The number of fused-ring (bicyclic) bond motifs is 1. The van der Waals surface area contributed by atoms with Gasteiger partial charge in [0.1, 0.15) is 5.82 Å². The van der Waals surface area contributed by atoms with Crippen molar-refractivity contribution in [3.63, 3.8) is 0 Å². The summed E-state index contributed by atoms with van der Waals surface area (Å²) in [7, 11) is 0. The zero-order chi connectivity index (χ0) is 23.8. The van der Waals surface area contributed by atoms with Crippen molar-refractivity contribution in [3.05, 3.63) is 65.0 Å². The van der Waals surface area contributed by atoms with Crippen LogP contribution in [-0.2, 0) is 17.5 Å². The summed E-state index contributed by atoms with van der Waals surface area (Å²) < 4.78 is 44.1. The lowest BCUT2D eigenvalue weighted by Crippen LogP contribution is -2.51. The lowest BCUT2D eigenvalue weighted by atomic mass is 10.0. The summed E-state index contributed by atoms with van der Waals surface area (Å²) in [6.45, 7) is 2.20. The second-order valence-corrected chi connectivity index (χ2v) is 8.07. The predicted octanol–water partition coefficient (Wildman–Crippen LogP) is 3.33. The minimum Gasteiger partial charge on any atom is -0.391 e. The molecule has 2 atom stereocenters. The number of aryl methyl sites for hydroxylation is 1. The summed E-state index contributed by atoms with van der Waals surface area (Å²) >= 11 is 0. The van der Waals surface area contributed by atoms with Crippen LogP contribution in [-0.4, -0.2) is 51.2 Å². The van der Waals surface area contributed by atoms with Gasteiger partial charge in [-0.3, -0.25) is 9.78 Å². The van der Waals surface area contributed by atoms with Crippen molar-refractivity contribution in [1.29, 1.82) is 0 Å². The highest BCUT2D eigenvalue weighted by Crippen LogP contribution is 2.29. The average Bonchev–Trinajstić information content (AvgIpc) is 2.78. The number of nitrogens with zero attached hydrogens (tertiary/aromatic N) is 3. The highest BCUT2D eigenvalue weighted by atomic mass is 19.4. The molecule has 1 fully saturated rings. The van der Waals surface area contributed by atoms with Gasteiger partial charge in [0.05, 0.1) is 42.1 Å². The fraction of sp³-hybridized carbons (Fsp3) is 0.348. The Bertz CT molecular complexity index is 1170. The van der Waals surface area contributed by atoms with Crippen LogP contribution in [0.5, 0.6) is 0 Å². The molecule has 2 aromatic heterocycles. The highest BCUT2D eigenvalue weighted by Gasteiger charge is 2.34. The number of anilines is 1. The molecule has 33 heavy (non-hydrogen) atoms. The Labute approximate surface area is 188 Å². The van der Waals surface area contributed by atoms with Gasteiger partial charge in [0.15, 0.2) is 0 Å². The number of hydrogen-bond acceptors (Lipinski definition) is 6. The first kappa shape index (κ1) is 22.9. The van der Waals surface area contributed by atoms with Gasteiger partial charge in [-0.15, -0.1) is 0 Å². The van der Waals surface area contributed by atoms with Gasteiger partial charge in [-0.2, -0.15) is 13.2 Å². The number of benzene rings is 1. The summed E-state index contributed by atoms with van der Waals surface area (Å²) in [6.07, 6.45) is -4.26. The summed E-state index contributed by atoms with van der Waals surface area (Å²) in [6, 6.07) is 8.28. The molecular weight excluding hydrogens is 437 g/mol. The smallest absolute Gasteiger partial charge is 0.391 e. The molecule has 1 saturated heterocycles. The van der Waals surface area contributed by atoms with Crippen molar-refractivity contribution >= 4 is 22.6 Å². The van der Waals surface area contributed by atoms with E-state index in [1.807, 2.05) is 13.0 Å². The molecule has 1 amide bonds. The Morgan fingerprint density at radius 2 is 2.06 bits per heavy atom. The topological polar surface area (TPSA) is 102 Å². The van der Waals surface area contributed by atoms with E-state index in [2.05, 4.69) is 9.97 Å². The van der Waals surface area contributed by atoms with Gasteiger partial charge in [0, 0.05) is 23.8 Å². The maximum Gasteiger partial charge on any atom is 0.417 e. The lowest BCUT2D eigenvalue weighted by Gasteiger charge is -2.37. The molecule has 174 valence electrons. The number of pyridine rings is 2. The maximum atomic E-state index is 13.5. The summed E-state index contributed by atoms with van der Waals surface area (Å²) in [4.78, 5) is 23.1. The molecule has 0 aliphatic carbocycles. The van der Waals surface area contributed by atoms with Crippen molar-refractivity contribution in [1.82, 2.24) is 14.9 Å². The lowest BCUT2D eigenvalue weighted by molar-refractivity contribution is -0.137. The number of carbonyl (C=O) groups is 1. The van der Waals surface area contributed by atoms with Crippen molar-refractivity contribution in [3.8, 4) is 0 Å². The van der Waals surface area contributed by atoms with Crippen LogP contribution in [0, 0.1) is 6.92 Å². The number of aromatic nitrogens is 2. The standard InChI is InChI=1S/C23H23F3N4O3/c1-13-8-15-9-14(2-5-18(15)29-21(13)27)22(32)30(19-12-33-7-6-20(19)31)11-17-4-3-16(10-28-17)23(24,25)26/h2-5,8-10,19-20,31H,6-7,11-12H2,1H3,(H2,27,29)/t19-,20+/m1/s1. The van der Waals surface area contributed by atoms with E-state index in [0.29, 0.717) is 29.9 Å². The Kier molecular flexibility index (Phi) is 6.22. The summed E-state index contributed by atoms with van der Waals surface area (Å²) in [5.74, 6) is 0.00156. The van der Waals surface area contributed by atoms with Crippen molar-refractivity contribution in [2.45, 2.75) is 38.2 Å². The van der Waals surface area contributed by atoms with Crippen LogP contribution in [0.2, 0.25) is 0 Å². The molecule has 7 nitrogen and oxygen atoms in total. The fourth-order valence-corrected chi connectivity index (χ4v) is 3.81. The molecule has 1 aromatic carbocycles. The number of halogens is 3. The van der Waals surface area contributed by atoms with Crippen LogP contribution < -0.4 is 5.73 Å². The van der Waals surface area contributed by atoms with Gasteiger partial charge in [-0.05, 0) is 55.3 Å². The van der Waals surface area contributed by atoms with E-state index in [9.17, 15) is 23.1 Å². The number of ether oxygens (including phenoxy) is 1. The first-order valence-corrected chi connectivity index (χ1v) is 10.4. The molecule has 3 aromatic rings. The number of aliphatic hydroxyl groups excluding tert-OH is 1. The fourth-order valence-electron chi connectivity index (χ4n) is 3.81. The zero-order valence-electron chi connectivity index (χ0n) is 17.8. The van der Waals surface area contributed by atoms with E-state index in [1.165, 1.54) is 11.0 Å². The molecule has 1 aliphatic heterocycles. The van der Waals surface area contributed by atoms with E-state index in [4.69, 9.17) is 10.5 Å². The summed E-state index contributed by atoms with van der Waals surface area (Å²) in [5.41, 5.74) is 7.00. The average molecular weight is 460 g/mol. The van der Waals surface area contributed by atoms with E-state index < -0.39 is 29.8 Å². The van der Waals surface area contributed by atoms with Crippen LogP contribution in [0.4, 0.5) is 19.0 Å². The van der Waals surface area contributed by atoms with Crippen molar-refractivity contribution < 1.29 is 27.8 Å². The first-order valence-electron chi connectivity index (χ1n) is 10.4. The number of rotatable bonds is 4. The molecule has 0 radical (unpaired) electrons. The third-order valence-electron chi connectivity index (χ3n) is 5.73. The Morgan fingerprint density at radius 3 is 2.73 bits per heavy atom. The minimum atomic E-state index is -4.50. The summed E-state index contributed by atoms with van der Waals surface area (Å²) in [5, 5.41) is 11.3. The monoisotopic (exact) mass is 460 g/mol. The van der Waals surface area contributed by atoms with Crippen LogP contribution >= 0.6 is 0 Å². The van der Waals surface area contributed by atoms with Crippen molar-refractivity contribution in [2.75, 3.05) is 18.9 Å². The molecule has 10 heteroatoms. The van der Waals surface area contributed by atoms with Gasteiger partial charge < -0.3 is 20.5 Å². The largest absolute Gasteiger partial charge is 0.417 e. The number of nitrogens with two attached hydrogens (primary N) is 1. The number of nitrogen functional groups attached to an aromatic ring is 1. The first-order chi connectivity index (χ1) is 15.6. The third-order valence-corrected chi connectivity index (χ3v) is 5.73. The SMILES string of the molecule is Cc1cc2cc(C(=O)N(Cc3ccc(C(F)(F)F)cn3)[C@@H]3COCC[C@@H]3O)ccc2nc1N. The van der Waals surface area contributed by atoms with Gasteiger partial charge in [-0.25, -0.2) is 4.98 Å². The molecule has 0 unspecified atom stereocenters. The molecule has 3 heterocycles. The number of alkyl halides is 3. The number of hydrogen-bond donors (Lipinski definition) is 2. The Balaban J connectivity index is 1.67. The van der Waals surface area contributed by atoms with Crippen molar-refractivity contribution in [2.24, 2.45) is 0 Å². The number of aliphatic hydroxyl groups is 1. The van der Waals surface area contributed by atoms with Crippen LogP contribution in [0.15, 0.2) is 42.6 Å². The van der Waals surface area contributed by atoms with E-state index >= 15 is 0 Å². The van der Waals surface area contributed by atoms with E-state index in [0.717, 1.165) is 23.2 Å². The van der Waals surface area contributed by atoms with Crippen LogP contribution in [0.3, 0.4) is 0 Å². The number of amides is 1. The van der Waals surface area contributed by atoms with Gasteiger partial charge in [-0.1, -0.05) is 0 Å². The molecule has 0 spiro atoms. The Morgan fingerprint density at radius 1 is 1.27 bits per heavy atom. The second-order valence-electron chi connectivity index (χ2n) is 8.07. The van der Waals surface area contributed by atoms with Crippen LogP contribution in [0.1, 0.15) is 33.6 Å². The zero-order valence-corrected chi connectivity index (χ0v) is 17.8. The molecule has 0 bridgehead atoms. The molecule has 1 aliphatic rings. The van der Waals surface area contributed by atoms with Gasteiger partial charge in [0.2, 0.25) is 0 Å². The molecule has 4 rings (SSSR count). The minimum absolute atomic E-state index is 0.0842. The van der Waals surface area contributed by atoms with E-state index in [-0.39, 0.29) is 18.8 Å².